The maximum absolute atomic E-state index is 4.46. The molecule has 0 atom stereocenters. The predicted octanol–water partition coefficient (Wildman–Crippen LogP) is 2.45. The van der Waals surface area contributed by atoms with Crippen molar-refractivity contribution in [1.82, 2.24) is 9.78 Å². The van der Waals surface area contributed by atoms with Gasteiger partial charge in [0.05, 0.1) is 21.9 Å². The highest BCUT2D eigenvalue weighted by molar-refractivity contribution is 9.10. The third-order valence-electron chi connectivity index (χ3n) is 1.61. The fourth-order valence-corrected chi connectivity index (χ4v) is 1.37. The zero-order valence-corrected chi connectivity index (χ0v) is 9.73. The second-order valence-electron chi connectivity index (χ2n) is 2.65. The van der Waals surface area contributed by atoms with Gasteiger partial charge >= 0.3 is 0 Å². The van der Waals surface area contributed by atoms with Crippen molar-refractivity contribution in [2.24, 2.45) is 4.99 Å². The van der Waals surface area contributed by atoms with Gasteiger partial charge in [-0.15, -0.1) is 0 Å². The van der Waals surface area contributed by atoms with Gasteiger partial charge in [-0.05, 0) is 41.5 Å². The first kappa shape index (κ1) is 10.6. The lowest BCUT2D eigenvalue weighted by molar-refractivity contribution is 0.582. The van der Waals surface area contributed by atoms with E-state index in [9.17, 15) is 0 Å². The van der Waals surface area contributed by atoms with Crippen molar-refractivity contribution in [3.8, 4) is 0 Å². The van der Waals surface area contributed by atoms with Crippen LogP contribution in [0.5, 0.6) is 0 Å². The molecule has 0 radical (unpaired) electrons. The van der Waals surface area contributed by atoms with Crippen molar-refractivity contribution in [3.05, 3.63) is 16.4 Å². The number of aliphatic imine (C=N–C) groups is 1. The third kappa shape index (κ3) is 3.38. The molecule has 0 spiro atoms. The average molecular weight is 260 g/mol. The summed E-state index contributed by atoms with van der Waals surface area (Å²) in [4.78, 5) is 3.83. The Morgan fingerprint density at radius 2 is 2.54 bits per heavy atom. The molecule has 1 heterocycles. The topological polar surface area (TPSA) is 30.2 Å². The van der Waals surface area contributed by atoms with Gasteiger partial charge < -0.3 is 0 Å². The smallest absolute Gasteiger partial charge is 0.0735 e. The molecule has 0 amide bonds. The first-order chi connectivity index (χ1) is 6.24. The molecule has 1 aromatic heterocycles. The normalized spacial score (nSPS) is 9.69. The van der Waals surface area contributed by atoms with Crippen LogP contribution in [0.25, 0.3) is 0 Å². The molecule has 0 N–H and O–H groups in total. The largest absolute Gasteiger partial charge is 0.271 e. The summed E-state index contributed by atoms with van der Waals surface area (Å²) < 4.78 is 2.95. The van der Waals surface area contributed by atoms with Crippen LogP contribution >= 0.6 is 28.1 Å². The van der Waals surface area contributed by atoms with E-state index in [1.54, 1.807) is 0 Å². The Balaban J connectivity index is 2.41. The Labute approximate surface area is 91.0 Å². The SMILES string of the molecule is Cc1nn(CCCN=C=S)cc1Br. The van der Waals surface area contributed by atoms with Gasteiger partial charge in [-0.2, -0.15) is 5.10 Å². The Hall–Kier alpha value is -0.510. The van der Waals surface area contributed by atoms with Crippen LogP contribution in [0.3, 0.4) is 0 Å². The number of nitrogens with zero attached hydrogens (tertiary/aromatic N) is 3. The van der Waals surface area contributed by atoms with E-state index < -0.39 is 0 Å². The summed E-state index contributed by atoms with van der Waals surface area (Å²) in [6.45, 7) is 3.56. The van der Waals surface area contributed by atoms with Gasteiger partial charge in [0.2, 0.25) is 0 Å². The van der Waals surface area contributed by atoms with Gasteiger partial charge in [0.1, 0.15) is 0 Å². The van der Waals surface area contributed by atoms with E-state index in [0.29, 0.717) is 0 Å². The van der Waals surface area contributed by atoms with Crippen LogP contribution in [0.15, 0.2) is 15.7 Å². The van der Waals surface area contributed by atoms with Gasteiger partial charge in [0, 0.05) is 12.7 Å². The van der Waals surface area contributed by atoms with Gasteiger partial charge in [-0.25, -0.2) is 4.99 Å². The Bertz CT molecular complexity index is 309. The summed E-state index contributed by atoms with van der Waals surface area (Å²) in [5.41, 5.74) is 1.01. The van der Waals surface area contributed by atoms with E-state index in [0.717, 1.165) is 29.7 Å². The second-order valence-corrected chi connectivity index (χ2v) is 3.69. The Kier molecular flexibility index (Phi) is 4.28. The van der Waals surface area contributed by atoms with Crippen molar-refractivity contribution in [2.45, 2.75) is 19.9 Å². The van der Waals surface area contributed by atoms with E-state index >= 15 is 0 Å². The number of rotatable bonds is 4. The lowest BCUT2D eigenvalue weighted by Gasteiger charge is -1.96. The lowest BCUT2D eigenvalue weighted by atomic mass is 10.4. The summed E-state index contributed by atoms with van der Waals surface area (Å²) in [6, 6.07) is 0. The highest BCUT2D eigenvalue weighted by Crippen LogP contribution is 2.13. The molecule has 1 rings (SSSR count). The van der Waals surface area contributed by atoms with Gasteiger partial charge in [-0.3, -0.25) is 4.68 Å². The minimum absolute atomic E-state index is 0.722. The highest BCUT2D eigenvalue weighted by atomic mass is 79.9. The number of hydrogen-bond donors (Lipinski definition) is 0. The monoisotopic (exact) mass is 259 g/mol. The number of isothiocyanates is 1. The molecule has 5 heteroatoms. The highest BCUT2D eigenvalue weighted by Gasteiger charge is 1.99. The predicted molar refractivity (Wildman–Crippen MR) is 59.2 cm³/mol. The quantitative estimate of drug-likeness (QED) is 0.473. The minimum Gasteiger partial charge on any atom is -0.271 e. The molecule has 0 aliphatic rings. The molecule has 0 saturated carbocycles. The van der Waals surface area contributed by atoms with Crippen molar-refractivity contribution in [3.63, 3.8) is 0 Å². The van der Waals surface area contributed by atoms with Crippen molar-refractivity contribution in [2.75, 3.05) is 6.54 Å². The summed E-state index contributed by atoms with van der Waals surface area (Å²) >= 11 is 7.86. The third-order valence-corrected chi connectivity index (χ3v) is 2.52. The van der Waals surface area contributed by atoms with E-state index in [-0.39, 0.29) is 0 Å². The van der Waals surface area contributed by atoms with Crippen molar-refractivity contribution in [1.29, 1.82) is 0 Å². The Morgan fingerprint density at radius 3 is 3.08 bits per heavy atom. The maximum atomic E-state index is 4.46. The molecule has 13 heavy (non-hydrogen) atoms. The van der Waals surface area contributed by atoms with Gasteiger partial charge in [-0.1, -0.05) is 0 Å². The van der Waals surface area contributed by atoms with Gasteiger partial charge in [0.15, 0.2) is 0 Å². The zero-order chi connectivity index (χ0) is 9.68. The first-order valence-electron chi connectivity index (χ1n) is 3.97. The number of hydrogen-bond acceptors (Lipinski definition) is 3. The van der Waals surface area contributed by atoms with Crippen LogP contribution in [0.4, 0.5) is 0 Å². The fourth-order valence-electron chi connectivity index (χ4n) is 0.966. The molecule has 0 unspecified atom stereocenters. The summed E-state index contributed by atoms with van der Waals surface area (Å²) in [6.07, 6.45) is 2.91. The van der Waals surface area contributed by atoms with E-state index in [2.05, 4.69) is 43.4 Å². The zero-order valence-electron chi connectivity index (χ0n) is 7.33. The molecule has 0 aromatic carbocycles. The molecule has 3 nitrogen and oxygen atoms in total. The standard InChI is InChI=1S/C8H10BrN3S/c1-7-8(9)5-12(11-7)4-2-3-10-6-13/h5H,2-4H2,1H3. The second kappa shape index (κ2) is 5.27. The van der Waals surface area contributed by atoms with Crippen LogP contribution < -0.4 is 0 Å². The van der Waals surface area contributed by atoms with E-state index in [1.165, 1.54) is 0 Å². The molecular formula is C8H10BrN3S. The van der Waals surface area contributed by atoms with Crippen molar-refractivity contribution >= 4 is 33.3 Å². The number of aryl methyl sites for hydroxylation is 2. The summed E-state index contributed by atoms with van der Waals surface area (Å²) in [5, 5.41) is 6.63. The molecular weight excluding hydrogens is 250 g/mol. The first-order valence-corrected chi connectivity index (χ1v) is 5.17. The summed E-state index contributed by atoms with van der Waals surface area (Å²) in [5.74, 6) is 0. The number of aromatic nitrogens is 2. The van der Waals surface area contributed by atoms with Crippen LogP contribution in [-0.2, 0) is 6.54 Å². The average Bonchev–Trinajstić information content (AvgIpc) is 2.41. The van der Waals surface area contributed by atoms with Gasteiger partial charge in [0.25, 0.3) is 0 Å². The van der Waals surface area contributed by atoms with Crippen LogP contribution in [0.1, 0.15) is 12.1 Å². The van der Waals surface area contributed by atoms with Crippen LogP contribution in [0.2, 0.25) is 0 Å². The van der Waals surface area contributed by atoms with Crippen molar-refractivity contribution < 1.29 is 0 Å². The van der Waals surface area contributed by atoms with E-state index in [4.69, 9.17) is 0 Å². The molecule has 0 saturated heterocycles. The Morgan fingerprint density at radius 1 is 1.77 bits per heavy atom. The number of halogens is 1. The molecule has 0 aliphatic carbocycles. The molecule has 70 valence electrons. The van der Waals surface area contributed by atoms with Crippen LogP contribution in [0, 0.1) is 6.92 Å². The lowest BCUT2D eigenvalue weighted by Crippen LogP contribution is -1.99. The molecule has 0 fully saturated rings. The fraction of sp³-hybridized carbons (Fsp3) is 0.500. The molecule has 1 aromatic rings. The minimum atomic E-state index is 0.722. The van der Waals surface area contributed by atoms with E-state index in [1.807, 2.05) is 17.8 Å². The van der Waals surface area contributed by atoms with Crippen LogP contribution in [-0.4, -0.2) is 21.5 Å². The maximum Gasteiger partial charge on any atom is 0.0735 e. The molecule has 0 bridgehead atoms. The number of thiocarbonyl (C=S) groups is 1. The molecule has 0 aliphatic heterocycles. The summed E-state index contributed by atoms with van der Waals surface area (Å²) in [7, 11) is 0.